The first-order chi connectivity index (χ1) is 5.25. The molecule has 0 unspecified atom stereocenters. The molecule has 0 aliphatic carbocycles. The van der Waals surface area contributed by atoms with E-state index in [2.05, 4.69) is 12.6 Å². The van der Waals surface area contributed by atoms with Crippen LogP contribution in [0.1, 0.15) is 6.92 Å². The van der Waals surface area contributed by atoms with Crippen LogP contribution in [-0.4, -0.2) is 11.4 Å². The Morgan fingerprint density at radius 3 is 3.09 bits per heavy atom. The van der Waals surface area contributed by atoms with Crippen molar-refractivity contribution in [3.63, 3.8) is 0 Å². The van der Waals surface area contributed by atoms with E-state index >= 15 is 0 Å². The Morgan fingerprint density at radius 2 is 2.45 bits per heavy atom. The molecule has 0 amide bonds. The molecule has 2 heteroatoms. The molecule has 1 heterocycles. The van der Waals surface area contributed by atoms with Gasteiger partial charge in [-0.2, -0.15) is 5.26 Å². The van der Waals surface area contributed by atoms with Crippen molar-refractivity contribution in [1.82, 2.24) is 4.90 Å². The quantitative estimate of drug-likeness (QED) is 0.527. The maximum Gasteiger partial charge on any atom is 0.110 e. The van der Waals surface area contributed by atoms with Crippen LogP contribution in [-0.2, 0) is 0 Å². The molecule has 0 aromatic rings. The van der Waals surface area contributed by atoms with Crippen molar-refractivity contribution in [3.8, 4) is 6.07 Å². The van der Waals surface area contributed by atoms with Crippen LogP contribution in [0.15, 0.2) is 36.2 Å². The highest BCUT2D eigenvalue weighted by Crippen LogP contribution is 2.16. The van der Waals surface area contributed by atoms with Crippen molar-refractivity contribution in [3.05, 3.63) is 36.2 Å². The van der Waals surface area contributed by atoms with Crippen LogP contribution in [0.5, 0.6) is 0 Å². The summed E-state index contributed by atoms with van der Waals surface area (Å²) in [6.45, 7) is 6.21. The molecule has 0 spiro atoms. The van der Waals surface area contributed by atoms with Gasteiger partial charge in [0, 0.05) is 11.9 Å². The number of rotatable bonds is 1. The highest BCUT2D eigenvalue weighted by atomic mass is 15.1. The predicted octanol–water partition coefficient (Wildman–Crippen LogP) is 1.80. The topological polar surface area (TPSA) is 27.0 Å². The largest absolute Gasteiger partial charge is 0.334 e. The van der Waals surface area contributed by atoms with Crippen molar-refractivity contribution in [2.45, 2.75) is 6.92 Å². The third-order valence-electron chi connectivity index (χ3n) is 1.66. The Labute approximate surface area is 66.7 Å². The van der Waals surface area contributed by atoms with E-state index < -0.39 is 0 Å². The fourth-order valence-electron chi connectivity index (χ4n) is 0.928. The normalized spacial score (nSPS) is 16.2. The molecule has 11 heavy (non-hydrogen) atoms. The molecule has 0 aromatic carbocycles. The predicted molar refractivity (Wildman–Crippen MR) is 44.4 cm³/mol. The smallest absolute Gasteiger partial charge is 0.110 e. The molecule has 0 saturated heterocycles. The molecule has 0 fully saturated rings. The van der Waals surface area contributed by atoms with E-state index in [0.717, 1.165) is 11.3 Å². The number of nitrogens with zero attached hydrogens (tertiary/aromatic N) is 2. The molecular formula is C9H10N2. The Balaban J connectivity index is 2.75. The van der Waals surface area contributed by atoms with Gasteiger partial charge in [0.15, 0.2) is 0 Å². The molecule has 0 atom stereocenters. The molecule has 0 saturated carbocycles. The minimum atomic E-state index is 0.376. The van der Waals surface area contributed by atoms with E-state index in [1.54, 1.807) is 0 Å². The molecule has 0 bridgehead atoms. The van der Waals surface area contributed by atoms with Crippen LogP contribution in [0.25, 0.3) is 0 Å². The minimum absolute atomic E-state index is 0.376. The van der Waals surface area contributed by atoms with Crippen molar-refractivity contribution in [2.24, 2.45) is 0 Å². The molecule has 1 rings (SSSR count). The van der Waals surface area contributed by atoms with E-state index in [1.165, 1.54) is 0 Å². The van der Waals surface area contributed by atoms with Gasteiger partial charge in [-0.15, -0.1) is 0 Å². The molecule has 0 aromatic heterocycles. The number of allylic oxidation sites excluding steroid dienone is 3. The summed E-state index contributed by atoms with van der Waals surface area (Å²) in [6.07, 6.45) is 5.76. The second kappa shape index (κ2) is 3.07. The zero-order chi connectivity index (χ0) is 8.27. The van der Waals surface area contributed by atoms with Gasteiger partial charge in [0.1, 0.15) is 6.54 Å². The van der Waals surface area contributed by atoms with Crippen LogP contribution < -0.4 is 0 Å². The molecule has 0 N–H and O–H groups in total. The molecule has 56 valence electrons. The van der Waals surface area contributed by atoms with Crippen molar-refractivity contribution in [1.29, 1.82) is 5.26 Å². The van der Waals surface area contributed by atoms with Crippen LogP contribution >= 0.6 is 0 Å². The van der Waals surface area contributed by atoms with Gasteiger partial charge in [0.05, 0.1) is 6.07 Å². The second-order valence-corrected chi connectivity index (χ2v) is 2.42. The molecule has 1 aliphatic rings. The minimum Gasteiger partial charge on any atom is -0.334 e. The Kier molecular flexibility index (Phi) is 2.12. The lowest BCUT2D eigenvalue weighted by atomic mass is 10.1. The van der Waals surface area contributed by atoms with Crippen molar-refractivity contribution in [2.75, 3.05) is 6.54 Å². The second-order valence-electron chi connectivity index (χ2n) is 2.42. The van der Waals surface area contributed by atoms with Gasteiger partial charge in [0.25, 0.3) is 0 Å². The third-order valence-corrected chi connectivity index (χ3v) is 1.66. The lowest BCUT2D eigenvalue weighted by Gasteiger charge is -2.22. The van der Waals surface area contributed by atoms with Gasteiger partial charge in [-0.3, -0.25) is 0 Å². The summed E-state index contributed by atoms with van der Waals surface area (Å²) in [6, 6.07) is 2.08. The number of hydrogen-bond acceptors (Lipinski definition) is 2. The first-order valence-corrected chi connectivity index (χ1v) is 3.43. The summed E-state index contributed by atoms with van der Waals surface area (Å²) >= 11 is 0. The van der Waals surface area contributed by atoms with Gasteiger partial charge >= 0.3 is 0 Å². The summed E-state index contributed by atoms with van der Waals surface area (Å²) in [5.41, 5.74) is 2.02. The maximum atomic E-state index is 8.44. The Hall–Kier alpha value is -1.49. The van der Waals surface area contributed by atoms with E-state index in [4.69, 9.17) is 5.26 Å². The first-order valence-electron chi connectivity index (χ1n) is 3.43. The third kappa shape index (κ3) is 1.50. The Bertz CT molecular complexity index is 266. The average Bonchev–Trinajstić information content (AvgIpc) is 1.99. The number of nitriles is 1. The van der Waals surface area contributed by atoms with Crippen LogP contribution in [0, 0.1) is 11.3 Å². The van der Waals surface area contributed by atoms with Gasteiger partial charge in [-0.1, -0.05) is 12.7 Å². The summed E-state index contributed by atoms with van der Waals surface area (Å²) in [5, 5.41) is 8.44. The highest BCUT2D eigenvalue weighted by molar-refractivity contribution is 5.34. The van der Waals surface area contributed by atoms with E-state index in [0.29, 0.717) is 6.54 Å². The Morgan fingerprint density at radius 1 is 1.73 bits per heavy atom. The summed E-state index contributed by atoms with van der Waals surface area (Å²) in [5.74, 6) is 0. The average molecular weight is 146 g/mol. The standard InChI is InChI=1S/C9H10N2/c1-8-4-3-6-11(7-5-10)9(8)2/h3-4,6H,2,7H2,1H3. The van der Waals surface area contributed by atoms with Crippen LogP contribution in [0.2, 0.25) is 0 Å². The zero-order valence-electron chi connectivity index (χ0n) is 6.54. The molecular weight excluding hydrogens is 136 g/mol. The lowest BCUT2D eigenvalue weighted by molar-refractivity contribution is 0.528. The highest BCUT2D eigenvalue weighted by Gasteiger charge is 2.07. The summed E-state index contributed by atoms with van der Waals surface area (Å²) in [4.78, 5) is 1.83. The summed E-state index contributed by atoms with van der Waals surface area (Å²) in [7, 11) is 0. The van der Waals surface area contributed by atoms with E-state index in [9.17, 15) is 0 Å². The van der Waals surface area contributed by atoms with Crippen LogP contribution in [0.4, 0.5) is 0 Å². The number of hydrogen-bond donors (Lipinski definition) is 0. The molecule has 0 radical (unpaired) electrons. The van der Waals surface area contributed by atoms with Gasteiger partial charge in [-0.05, 0) is 18.6 Å². The lowest BCUT2D eigenvalue weighted by Crippen LogP contribution is -2.18. The molecule has 2 nitrogen and oxygen atoms in total. The van der Waals surface area contributed by atoms with Gasteiger partial charge in [0.2, 0.25) is 0 Å². The summed E-state index contributed by atoms with van der Waals surface area (Å²) < 4.78 is 0. The SMILES string of the molecule is C=C1C(C)=CC=CN1CC#N. The first kappa shape index (κ1) is 7.62. The van der Waals surface area contributed by atoms with Crippen molar-refractivity contribution < 1.29 is 0 Å². The van der Waals surface area contributed by atoms with E-state index in [1.807, 2.05) is 30.2 Å². The zero-order valence-corrected chi connectivity index (χ0v) is 6.54. The monoisotopic (exact) mass is 146 g/mol. The van der Waals surface area contributed by atoms with Crippen molar-refractivity contribution >= 4 is 0 Å². The maximum absolute atomic E-state index is 8.44. The molecule has 1 aliphatic heterocycles. The fourth-order valence-corrected chi connectivity index (χ4v) is 0.928. The van der Waals surface area contributed by atoms with Gasteiger partial charge in [-0.25, -0.2) is 0 Å². The fraction of sp³-hybridized carbons (Fsp3) is 0.222. The van der Waals surface area contributed by atoms with E-state index in [-0.39, 0.29) is 0 Å². The van der Waals surface area contributed by atoms with Gasteiger partial charge < -0.3 is 4.90 Å². The van der Waals surface area contributed by atoms with Crippen LogP contribution in [0.3, 0.4) is 0 Å².